The third-order valence-corrected chi connectivity index (χ3v) is 3.28. The number of rotatable bonds is 2. The smallest absolute Gasteiger partial charge is 0.258 e. The minimum atomic E-state index is -0.369. The van der Waals surface area contributed by atoms with Crippen LogP contribution in [-0.2, 0) is 0 Å². The van der Waals surface area contributed by atoms with Crippen molar-refractivity contribution >= 4 is 22.5 Å². The number of halogens is 2. The number of aryl methyl sites for hydroxylation is 1. The van der Waals surface area contributed by atoms with Crippen molar-refractivity contribution < 1.29 is 13.6 Å². The van der Waals surface area contributed by atoms with Gasteiger partial charge in [-0.1, -0.05) is 0 Å². The number of amides is 1. The van der Waals surface area contributed by atoms with E-state index in [0.29, 0.717) is 27.8 Å². The number of anilines is 1. The molecular weight excluding hydrogens is 274 g/mol. The first-order valence-electron chi connectivity index (χ1n) is 6.39. The Morgan fingerprint density at radius 3 is 2.43 bits per heavy atom. The Morgan fingerprint density at radius 2 is 1.71 bits per heavy atom. The van der Waals surface area contributed by atoms with E-state index in [1.165, 1.54) is 36.4 Å². The van der Waals surface area contributed by atoms with Gasteiger partial charge in [-0.25, -0.2) is 8.78 Å². The van der Waals surface area contributed by atoms with Crippen LogP contribution in [0.25, 0.3) is 10.9 Å². The minimum Gasteiger partial charge on any atom is -0.358 e. The number of carbonyl (C=O) groups excluding carboxylic acids is 1. The molecule has 0 saturated heterocycles. The molecule has 106 valence electrons. The van der Waals surface area contributed by atoms with E-state index in [1.807, 2.05) is 0 Å². The highest BCUT2D eigenvalue weighted by Crippen LogP contribution is 2.24. The second kappa shape index (κ2) is 5.01. The van der Waals surface area contributed by atoms with Gasteiger partial charge in [-0.05, 0) is 49.4 Å². The molecule has 0 aliphatic carbocycles. The third-order valence-electron chi connectivity index (χ3n) is 3.28. The Kier molecular flexibility index (Phi) is 3.17. The summed E-state index contributed by atoms with van der Waals surface area (Å²) in [6, 6.07) is 9.73. The normalized spacial score (nSPS) is 10.8. The van der Waals surface area contributed by atoms with Crippen molar-refractivity contribution in [1.29, 1.82) is 0 Å². The summed E-state index contributed by atoms with van der Waals surface area (Å²) in [5.74, 6) is -1.06. The van der Waals surface area contributed by atoms with Crippen LogP contribution in [0.1, 0.15) is 16.1 Å². The van der Waals surface area contributed by atoms with Crippen LogP contribution in [0.5, 0.6) is 0 Å². The summed E-state index contributed by atoms with van der Waals surface area (Å²) in [7, 11) is 0. The second-order valence-corrected chi connectivity index (χ2v) is 4.78. The highest BCUT2D eigenvalue weighted by molar-refractivity contribution is 6.13. The zero-order chi connectivity index (χ0) is 15.0. The molecule has 5 heteroatoms. The zero-order valence-electron chi connectivity index (χ0n) is 11.2. The Hall–Kier alpha value is -2.69. The number of nitrogens with one attached hydrogen (secondary N) is 2. The van der Waals surface area contributed by atoms with E-state index in [0.717, 1.165) is 0 Å². The first kappa shape index (κ1) is 13.3. The number of fused-ring (bicyclic) bond motifs is 1. The molecule has 0 fully saturated rings. The Labute approximate surface area is 119 Å². The lowest BCUT2D eigenvalue weighted by Crippen LogP contribution is -2.12. The van der Waals surface area contributed by atoms with Gasteiger partial charge < -0.3 is 10.3 Å². The van der Waals surface area contributed by atoms with Crippen molar-refractivity contribution in [2.45, 2.75) is 6.92 Å². The molecule has 0 bridgehead atoms. The summed E-state index contributed by atoms with van der Waals surface area (Å²) in [5.41, 5.74) is 2.17. The maximum Gasteiger partial charge on any atom is 0.258 e. The van der Waals surface area contributed by atoms with Gasteiger partial charge in [0.15, 0.2) is 0 Å². The molecule has 3 aromatic rings. The average Bonchev–Trinajstić information content (AvgIpc) is 2.76. The van der Waals surface area contributed by atoms with Gasteiger partial charge >= 0.3 is 0 Å². The van der Waals surface area contributed by atoms with Crippen molar-refractivity contribution in [2.75, 3.05) is 5.32 Å². The number of carbonyl (C=O) groups is 1. The van der Waals surface area contributed by atoms with Crippen molar-refractivity contribution in [1.82, 2.24) is 4.98 Å². The van der Waals surface area contributed by atoms with Gasteiger partial charge in [-0.15, -0.1) is 0 Å². The molecule has 2 aromatic carbocycles. The summed E-state index contributed by atoms with van der Waals surface area (Å²) >= 11 is 0. The predicted octanol–water partition coefficient (Wildman–Crippen LogP) is 4.01. The standard InChI is InChI=1S/C16H12F2N2O/c1-9-15(13-7-4-11(18)8-14(13)19-9)16(21)20-12-5-2-10(17)3-6-12/h2-8,19H,1H3,(H,20,21). The molecule has 3 nitrogen and oxygen atoms in total. The number of benzene rings is 2. The number of hydrogen-bond acceptors (Lipinski definition) is 1. The highest BCUT2D eigenvalue weighted by atomic mass is 19.1. The van der Waals surface area contributed by atoms with Gasteiger partial charge in [0.25, 0.3) is 5.91 Å². The molecule has 1 heterocycles. The maximum atomic E-state index is 13.2. The Balaban J connectivity index is 1.97. The van der Waals surface area contributed by atoms with Crippen molar-refractivity contribution in [3.63, 3.8) is 0 Å². The number of aromatic amines is 1. The average molecular weight is 286 g/mol. The topological polar surface area (TPSA) is 44.9 Å². The molecule has 0 saturated carbocycles. The van der Waals surface area contributed by atoms with E-state index < -0.39 is 0 Å². The lowest BCUT2D eigenvalue weighted by atomic mass is 10.1. The molecule has 0 spiro atoms. The van der Waals surface area contributed by atoms with Crippen molar-refractivity contribution in [2.24, 2.45) is 0 Å². The van der Waals surface area contributed by atoms with Crippen molar-refractivity contribution in [3.8, 4) is 0 Å². The van der Waals surface area contributed by atoms with E-state index in [4.69, 9.17) is 0 Å². The predicted molar refractivity (Wildman–Crippen MR) is 77.3 cm³/mol. The molecule has 21 heavy (non-hydrogen) atoms. The van der Waals surface area contributed by atoms with Crippen LogP contribution in [-0.4, -0.2) is 10.9 Å². The van der Waals surface area contributed by atoms with E-state index in [1.54, 1.807) is 13.0 Å². The quantitative estimate of drug-likeness (QED) is 0.734. The van der Waals surface area contributed by atoms with Crippen molar-refractivity contribution in [3.05, 3.63) is 65.4 Å². The largest absolute Gasteiger partial charge is 0.358 e. The highest BCUT2D eigenvalue weighted by Gasteiger charge is 2.16. The van der Waals surface area contributed by atoms with Crippen LogP contribution in [0, 0.1) is 18.6 Å². The fourth-order valence-electron chi connectivity index (χ4n) is 2.32. The Bertz CT molecular complexity index is 822. The van der Waals surface area contributed by atoms with Gasteiger partial charge in [-0.3, -0.25) is 4.79 Å². The monoisotopic (exact) mass is 286 g/mol. The van der Waals surface area contributed by atoms with Gasteiger partial charge in [-0.2, -0.15) is 0 Å². The zero-order valence-corrected chi connectivity index (χ0v) is 11.2. The number of H-pyrrole nitrogens is 1. The van der Waals surface area contributed by atoms with Gasteiger partial charge in [0.05, 0.1) is 5.56 Å². The van der Waals surface area contributed by atoms with E-state index >= 15 is 0 Å². The molecule has 0 atom stereocenters. The fraction of sp³-hybridized carbons (Fsp3) is 0.0625. The van der Waals surface area contributed by atoms with Crippen LogP contribution < -0.4 is 5.32 Å². The van der Waals surface area contributed by atoms with E-state index in [-0.39, 0.29) is 17.5 Å². The van der Waals surface area contributed by atoms with Crippen LogP contribution in [0.2, 0.25) is 0 Å². The van der Waals surface area contributed by atoms with Gasteiger partial charge in [0, 0.05) is 22.3 Å². The van der Waals surface area contributed by atoms with E-state index in [9.17, 15) is 13.6 Å². The molecule has 1 amide bonds. The van der Waals surface area contributed by atoms with Crippen LogP contribution >= 0.6 is 0 Å². The molecule has 0 radical (unpaired) electrons. The lowest BCUT2D eigenvalue weighted by Gasteiger charge is -2.05. The molecule has 1 aromatic heterocycles. The number of aromatic nitrogens is 1. The molecule has 0 aliphatic heterocycles. The summed E-state index contributed by atoms with van der Waals surface area (Å²) < 4.78 is 26.1. The van der Waals surface area contributed by atoms with Crippen LogP contribution in [0.4, 0.5) is 14.5 Å². The molecule has 0 aliphatic rings. The molecule has 2 N–H and O–H groups in total. The summed E-state index contributed by atoms with van der Waals surface area (Å²) in [5, 5.41) is 3.35. The minimum absolute atomic E-state index is 0.322. The van der Waals surface area contributed by atoms with Gasteiger partial charge in [0.1, 0.15) is 11.6 Å². The molecule has 0 unspecified atom stereocenters. The second-order valence-electron chi connectivity index (χ2n) is 4.78. The first-order valence-corrected chi connectivity index (χ1v) is 6.39. The van der Waals surface area contributed by atoms with Crippen LogP contribution in [0.15, 0.2) is 42.5 Å². The third kappa shape index (κ3) is 2.50. The SMILES string of the molecule is Cc1[nH]c2cc(F)ccc2c1C(=O)Nc1ccc(F)cc1. The molecule has 3 rings (SSSR count). The van der Waals surface area contributed by atoms with E-state index in [2.05, 4.69) is 10.3 Å². The Morgan fingerprint density at radius 1 is 1.05 bits per heavy atom. The maximum absolute atomic E-state index is 13.2. The molecular formula is C16H12F2N2O. The fourth-order valence-corrected chi connectivity index (χ4v) is 2.32. The first-order chi connectivity index (χ1) is 10.0. The number of hydrogen-bond donors (Lipinski definition) is 2. The lowest BCUT2D eigenvalue weighted by molar-refractivity contribution is 0.102. The summed E-state index contributed by atoms with van der Waals surface area (Å²) in [6.45, 7) is 1.75. The summed E-state index contributed by atoms with van der Waals surface area (Å²) in [6.07, 6.45) is 0. The van der Waals surface area contributed by atoms with Gasteiger partial charge in [0.2, 0.25) is 0 Å². The van der Waals surface area contributed by atoms with Crippen LogP contribution in [0.3, 0.4) is 0 Å². The summed E-state index contributed by atoms with van der Waals surface area (Å²) in [4.78, 5) is 15.3.